The summed E-state index contributed by atoms with van der Waals surface area (Å²) in [7, 11) is 1.68. The molecule has 1 aliphatic heterocycles. The number of carbonyl (C=O) groups is 1. The number of carbonyl (C=O) groups excluding carboxylic acids is 1. The summed E-state index contributed by atoms with van der Waals surface area (Å²) in [6.45, 7) is 4.03. The Kier molecular flexibility index (Phi) is 3.86. The van der Waals surface area contributed by atoms with Gasteiger partial charge < -0.3 is 14.2 Å². The van der Waals surface area contributed by atoms with Crippen molar-refractivity contribution in [1.82, 2.24) is 14.5 Å². The Hall–Kier alpha value is -2.18. The molecule has 1 aromatic carbocycles. The number of methoxy groups -OCH3 is 1. The van der Waals surface area contributed by atoms with E-state index in [0.717, 1.165) is 33.0 Å². The Balaban J connectivity index is 1.63. The van der Waals surface area contributed by atoms with Crippen molar-refractivity contribution in [2.75, 3.05) is 13.7 Å². The molecule has 0 radical (unpaired) electrons. The maximum atomic E-state index is 13.0. The van der Waals surface area contributed by atoms with E-state index in [1.807, 2.05) is 42.3 Å². The third kappa shape index (κ3) is 2.42. The average molecular weight is 341 g/mol. The van der Waals surface area contributed by atoms with Gasteiger partial charge in [0.1, 0.15) is 5.82 Å². The number of ether oxygens (including phenoxy) is 1. The lowest BCUT2D eigenvalue weighted by Crippen LogP contribution is -2.41. The van der Waals surface area contributed by atoms with Gasteiger partial charge in [-0.25, -0.2) is 4.98 Å². The number of aromatic nitrogens is 2. The van der Waals surface area contributed by atoms with Crippen LogP contribution in [-0.2, 0) is 17.9 Å². The Morgan fingerprint density at radius 3 is 3.00 bits per heavy atom. The molecule has 5 nitrogen and oxygen atoms in total. The number of hydrogen-bond donors (Lipinski definition) is 0. The highest BCUT2D eigenvalue weighted by molar-refractivity contribution is 7.20. The molecule has 0 fully saturated rings. The van der Waals surface area contributed by atoms with Crippen LogP contribution in [0, 0.1) is 0 Å². The Morgan fingerprint density at radius 2 is 2.21 bits per heavy atom. The number of benzene rings is 1. The van der Waals surface area contributed by atoms with Crippen molar-refractivity contribution in [3.8, 4) is 0 Å². The topological polar surface area (TPSA) is 47.4 Å². The molecule has 24 heavy (non-hydrogen) atoms. The van der Waals surface area contributed by atoms with Gasteiger partial charge >= 0.3 is 0 Å². The Morgan fingerprint density at radius 1 is 1.38 bits per heavy atom. The number of thiophene rings is 1. The summed E-state index contributed by atoms with van der Waals surface area (Å²) < 4.78 is 8.54. The molecule has 124 valence electrons. The highest BCUT2D eigenvalue weighted by Gasteiger charge is 2.31. The fourth-order valence-electron chi connectivity index (χ4n) is 3.33. The minimum Gasteiger partial charge on any atom is -0.378 e. The highest BCUT2D eigenvalue weighted by atomic mass is 32.1. The molecule has 4 rings (SSSR count). The maximum absolute atomic E-state index is 13.0. The molecule has 1 aliphatic rings. The van der Waals surface area contributed by atoms with Gasteiger partial charge in [0.15, 0.2) is 0 Å². The lowest BCUT2D eigenvalue weighted by molar-refractivity contribution is 0.0637. The predicted molar refractivity (Wildman–Crippen MR) is 94.2 cm³/mol. The molecule has 1 atom stereocenters. The van der Waals surface area contributed by atoms with Crippen LogP contribution in [0.4, 0.5) is 0 Å². The second kappa shape index (κ2) is 6.03. The lowest BCUT2D eigenvalue weighted by atomic mass is 10.2. The summed E-state index contributed by atoms with van der Waals surface area (Å²) in [6.07, 6.45) is 1.85. The maximum Gasteiger partial charge on any atom is 0.264 e. The summed E-state index contributed by atoms with van der Waals surface area (Å²) in [5.41, 5.74) is 1.06. The molecule has 0 unspecified atom stereocenters. The van der Waals surface area contributed by atoms with Crippen molar-refractivity contribution in [2.24, 2.45) is 0 Å². The first-order valence-electron chi connectivity index (χ1n) is 8.02. The third-order valence-electron chi connectivity index (χ3n) is 4.56. The zero-order valence-electron chi connectivity index (χ0n) is 13.7. The fraction of sp³-hybridized carbons (Fsp3) is 0.333. The molecule has 0 bridgehead atoms. The van der Waals surface area contributed by atoms with Crippen LogP contribution in [0.25, 0.3) is 10.1 Å². The van der Waals surface area contributed by atoms with E-state index in [2.05, 4.69) is 15.6 Å². The minimum atomic E-state index is -0.0398. The van der Waals surface area contributed by atoms with Crippen molar-refractivity contribution in [1.29, 1.82) is 0 Å². The smallest absolute Gasteiger partial charge is 0.264 e. The Labute approximate surface area is 144 Å². The summed E-state index contributed by atoms with van der Waals surface area (Å²) >= 11 is 1.56. The first-order chi connectivity index (χ1) is 11.7. The quantitative estimate of drug-likeness (QED) is 0.733. The summed E-state index contributed by atoms with van der Waals surface area (Å²) in [5, 5.41) is 1.12. The number of hydrogen-bond acceptors (Lipinski definition) is 4. The molecule has 0 saturated carbocycles. The SMILES string of the molecule is COCc1cnc2n1CCN(C(=O)c1cc3ccccc3s1)[C@H]2C. The molecule has 0 N–H and O–H groups in total. The summed E-state index contributed by atoms with van der Waals surface area (Å²) in [5.74, 6) is 1.02. The van der Waals surface area contributed by atoms with E-state index in [1.165, 1.54) is 0 Å². The van der Waals surface area contributed by atoms with E-state index in [-0.39, 0.29) is 11.9 Å². The van der Waals surface area contributed by atoms with Gasteiger partial charge in [0.2, 0.25) is 0 Å². The van der Waals surface area contributed by atoms with Crippen LogP contribution < -0.4 is 0 Å². The molecule has 6 heteroatoms. The van der Waals surface area contributed by atoms with Crippen LogP contribution in [0.3, 0.4) is 0 Å². The standard InChI is InChI=1S/C18H19N3O2S/c1-12-17-19-10-14(11-23-2)21(17)8-7-20(12)18(22)16-9-13-5-3-4-6-15(13)24-16/h3-6,9-10,12H,7-8,11H2,1-2H3/t12-/m0/s1. The summed E-state index contributed by atoms with van der Waals surface area (Å²) in [4.78, 5) is 20.2. The van der Waals surface area contributed by atoms with E-state index < -0.39 is 0 Å². The second-order valence-corrected chi connectivity index (χ2v) is 7.10. The number of nitrogens with zero attached hydrogens (tertiary/aromatic N) is 3. The van der Waals surface area contributed by atoms with Crippen LogP contribution in [0.1, 0.15) is 34.2 Å². The molecule has 0 spiro atoms. The minimum absolute atomic E-state index is 0.0398. The van der Waals surface area contributed by atoms with Crippen LogP contribution in [0.5, 0.6) is 0 Å². The van der Waals surface area contributed by atoms with Gasteiger partial charge in [-0.15, -0.1) is 11.3 Å². The molecular formula is C18H19N3O2S. The van der Waals surface area contributed by atoms with Crippen LogP contribution >= 0.6 is 11.3 Å². The van der Waals surface area contributed by atoms with Gasteiger partial charge in [-0.2, -0.15) is 0 Å². The first kappa shape index (κ1) is 15.4. The van der Waals surface area contributed by atoms with Crippen molar-refractivity contribution >= 4 is 27.3 Å². The molecule has 0 aliphatic carbocycles. The molecule has 0 saturated heterocycles. The Bertz CT molecular complexity index is 866. The number of amides is 1. The van der Waals surface area contributed by atoms with Crippen molar-refractivity contribution in [3.63, 3.8) is 0 Å². The van der Waals surface area contributed by atoms with E-state index in [1.54, 1.807) is 18.4 Å². The highest BCUT2D eigenvalue weighted by Crippen LogP contribution is 2.31. The van der Waals surface area contributed by atoms with Crippen molar-refractivity contribution < 1.29 is 9.53 Å². The zero-order chi connectivity index (χ0) is 16.7. The monoisotopic (exact) mass is 341 g/mol. The molecule has 2 aromatic heterocycles. The lowest BCUT2D eigenvalue weighted by Gasteiger charge is -2.34. The number of rotatable bonds is 3. The van der Waals surface area contributed by atoms with Crippen LogP contribution in [-0.4, -0.2) is 34.0 Å². The predicted octanol–water partition coefficient (Wildman–Crippen LogP) is 3.46. The normalized spacial score (nSPS) is 17.2. The van der Waals surface area contributed by atoms with Gasteiger partial charge in [0, 0.05) is 24.9 Å². The van der Waals surface area contributed by atoms with Crippen molar-refractivity contribution in [2.45, 2.75) is 26.1 Å². The van der Waals surface area contributed by atoms with Crippen LogP contribution in [0.2, 0.25) is 0 Å². The molecular weight excluding hydrogens is 322 g/mol. The molecule has 3 aromatic rings. The summed E-state index contributed by atoms with van der Waals surface area (Å²) in [6, 6.07) is 10.1. The second-order valence-electron chi connectivity index (χ2n) is 6.02. The molecule has 1 amide bonds. The van der Waals surface area contributed by atoms with Gasteiger partial charge in [-0.1, -0.05) is 18.2 Å². The van der Waals surface area contributed by atoms with E-state index >= 15 is 0 Å². The van der Waals surface area contributed by atoms with Crippen molar-refractivity contribution in [3.05, 3.63) is 52.9 Å². The number of fused-ring (bicyclic) bond motifs is 2. The first-order valence-corrected chi connectivity index (χ1v) is 8.83. The average Bonchev–Trinajstić information content (AvgIpc) is 3.20. The third-order valence-corrected chi connectivity index (χ3v) is 5.67. The largest absolute Gasteiger partial charge is 0.378 e. The van der Waals surface area contributed by atoms with Gasteiger partial charge in [0.25, 0.3) is 5.91 Å². The van der Waals surface area contributed by atoms with Crippen LogP contribution in [0.15, 0.2) is 36.5 Å². The molecule has 3 heterocycles. The van der Waals surface area contributed by atoms with E-state index in [0.29, 0.717) is 13.2 Å². The van der Waals surface area contributed by atoms with E-state index in [9.17, 15) is 4.79 Å². The van der Waals surface area contributed by atoms with Gasteiger partial charge in [-0.3, -0.25) is 4.79 Å². The fourth-order valence-corrected chi connectivity index (χ4v) is 4.35. The van der Waals surface area contributed by atoms with E-state index in [4.69, 9.17) is 4.74 Å². The van der Waals surface area contributed by atoms with Gasteiger partial charge in [0.05, 0.1) is 29.4 Å². The van der Waals surface area contributed by atoms with Gasteiger partial charge in [-0.05, 0) is 24.4 Å². The zero-order valence-corrected chi connectivity index (χ0v) is 14.5. The number of imidazole rings is 1.